The third-order valence-corrected chi connectivity index (χ3v) is 3.12. The van der Waals surface area contributed by atoms with Gasteiger partial charge in [0.05, 0.1) is 0 Å². The highest BCUT2D eigenvalue weighted by Crippen LogP contribution is 2.21. The summed E-state index contributed by atoms with van der Waals surface area (Å²) in [6.07, 6.45) is 4.56. The summed E-state index contributed by atoms with van der Waals surface area (Å²) in [4.78, 5) is 4.27. The molecular weight excluding hydrogens is 257 g/mol. The molecule has 0 fully saturated rings. The fourth-order valence-electron chi connectivity index (χ4n) is 1.96. The van der Waals surface area contributed by atoms with Gasteiger partial charge in [-0.3, -0.25) is 0 Å². The highest BCUT2D eigenvalue weighted by Gasteiger charge is 2.07. The first kappa shape index (κ1) is 14.5. The Morgan fingerprint density at radius 3 is 3.05 bits per heavy atom. The van der Waals surface area contributed by atoms with E-state index in [-0.39, 0.29) is 5.82 Å². The van der Waals surface area contributed by atoms with Gasteiger partial charge in [-0.2, -0.15) is 0 Å². The van der Waals surface area contributed by atoms with E-state index in [1.165, 1.54) is 6.07 Å². The number of aryl methyl sites for hydroxylation is 1. The Hall–Kier alpha value is -1.88. The first-order valence-corrected chi connectivity index (χ1v) is 6.83. The van der Waals surface area contributed by atoms with E-state index in [9.17, 15) is 4.39 Å². The number of aromatic nitrogens is 2. The van der Waals surface area contributed by atoms with Crippen molar-refractivity contribution in [3.05, 3.63) is 42.0 Å². The third kappa shape index (κ3) is 3.57. The van der Waals surface area contributed by atoms with Crippen molar-refractivity contribution in [1.29, 1.82) is 0 Å². The van der Waals surface area contributed by atoms with Crippen molar-refractivity contribution < 1.29 is 9.13 Å². The highest BCUT2D eigenvalue weighted by molar-refractivity contribution is 5.58. The van der Waals surface area contributed by atoms with Gasteiger partial charge < -0.3 is 14.6 Å². The lowest BCUT2D eigenvalue weighted by atomic mass is 10.2. The molecular formula is C15H20FN3O. The van der Waals surface area contributed by atoms with Crippen LogP contribution in [0.15, 0.2) is 30.6 Å². The molecule has 0 saturated carbocycles. The van der Waals surface area contributed by atoms with Crippen LogP contribution in [0, 0.1) is 12.7 Å². The SMILES string of the molecule is CCOCCCn1ccnc1Nc1cccc(F)c1C. The van der Waals surface area contributed by atoms with Gasteiger partial charge in [0.2, 0.25) is 5.95 Å². The van der Waals surface area contributed by atoms with Crippen molar-refractivity contribution in [2.75, 3.05) is 18.5 Å². The number of anilines is 2. The van der Waals surface area contributed by atoms with Gasteiger partial charge >= 0.3 is 0 Å². The van der Waals surface area contributed by atoms with E-state index < -0.39 is 0 Å². The largest absolute Gasteiger partial charge is 0.382 e. The quantitative estimate of drug-likeness (QED) is 0.787. The predicted octanol–water partition coefficient (Wildman–Crippen LogP) is 3.50. The Morgan fingerprint density at radius 1 is 1.40 bits per heavy atom. The van der Waals surface area contributed by atoms with Crippen LogP contribution in [0.5, 0.6) is 0 Å². The Kier molecular flexibility index (Phi) is 5.12. The molecule has 4 nitrogen and oxygen atoms in total. The van der Waals surface area contributed by atoms with E-state index in [0.29, 0.717) is 5.56 Å². The second kappa shape index (κ2) is 7.05. The molecule has 0 amide bonds. The molecule has 2 rings (SSSR count). The monoisotopic (exact) mass is 277 g/mol. The van der Waals surface area contributed by atoms with E-state index in [1.54, 1.807) is 19.2 Å². The minimum Gasteiger partial charge on any atom is -0.382 e. The van der Waals surface area contributed by atoms with Gasteiger partial charge in [-0.1, -0.05) is 6.07 Å². The molecule has 0 saturated heterocycles. The van der Waals surface area contributed by atoms with Crippen LogP contribution in [0.3, 0.4) is 0 Å². The summed E-state index contributed by atoms with van der Waals surface area (Å²) in [6.45, 7) is 6.01. The van der Waals surface area contributed by atoms with Crippen LogP contribution < -0.4 is 5.32 Å². The molecule has 20 heavy (non-hydrogen) atoms. The van der Waals surface area contributed by atoms with Crippen molar-refractivity contribution >= 4 is 11.6 Å². The standard InChI is InChI=1S/C15H20FN3O/c1-3-20-11-5-9-19-10-8-17-15(19)18-14-7-4-6-13(16)12(14)2/h4,6-8,10H,3,5,9,11H2,1-2H3,(H,17,18). The number of imidazole rings is 1. The lowest BCUT2D eigenvalue weighted by Gasteiger charge is -2.12. The maximum atomic E-state index is 13.5. The molecule has 0 atom stereocenters. The Labute approximate surface area is 118 Å². The molecule has 0 aliphatic rings. The molecule has 0 aliphatic carbocycles. The molecule has 0 bridgehead atoms. The molecule has 0 spiro atoms. The number of ether oxygens (including phenoxy) is 1. The van der Waals surface area contributed by atoms with Gasteiger partial charge in [-0.05, 0) is 32.4 Å². The van der Waals surface area contributed by atoms with Gasteiger partial charge in [-0.25, -0.2) is 9.37 Å². The molecule has 0 unspecified atom stereocenters. The van der Waals surface area contributed by atoms with E-state index in [1.807, 2.05) is 23.8 Å². The smallest absolute Gasteiger partial charge is 0.207 e. The fraction of sp³-hybridized carbons (Fsp3) is 0.400. The van der Waals surface area contributed by atoms with Crippen LogP contribution in [-0.4, -0.2) is 22.8 Å². The highest BCUT2D eigenvalue weighted by atomic mass is 19.1. The molecule has 108 valence electrons. The number of halogens is 1. The lowest BCUT2D eigenvalue weighted by molar-refractivity contribution is 0.142. The number of rotatable bonds is 7. The normalized spacial score (nSPS) is 10.8. The zero-order valence-electron chi connectivity index (χ0n) is 11.9. The molecule has 1 aromatic carbocycles. The summed E-state index contributed by atoms with van der Waals surface area (Å²) in [5.41, 5.74) is 1.33. The second-order valence-corrected chi connectivity index (χ2v) is 4.53. The zero-order valence-corrected chi connectivity index (χ0v) is 11.9. The molecule has 0 radical (unpaired) electrons. The molecule has 1 N–H and O–H groups in total. The minimum absolute atomic E-state index is 0.218. The first-order chi connectivity index (χ1) is 9.72. The van der Waals surface area contributed by atoms with Gasteiger partial charge in [-0.15, -0.1) is 0 Å². The first-order valence-electron chi connectivity index (χ1n) is 6.83. The zero-order chi connectivity index (χ0) is 14.4. The number of nitrogens with one attached hydrogen (secondary N) is 1. The van der Waals surface area contributed by atoms with E-state index in [4.69, 9.17) is 4.74 Å². The number of nitrogens with zero attached hydrogens (tertiary/aromatic N) is 2. The van der Waals surface area contributed by atoms with Crippen molar-refractivity contribution in [2.45, 2.75) is 26.8 Å². The summed E-state index contributed by atoms with van der Waals surface area (Å²) in [6, 6.07) is 4.99. The molecule has 2 aromatic rings. The lowest BCUT2D eigenvalue weighted by Crippen LogP contribution is -2.06. The van der Waals surface area contributed by atoms with Gasteiger partial charge in [0.1, 0.15) is 5.82 Å². The Balaban J connectivity index is 2.03. The van der Waals surface area contributed by atoms with Crippen LogP contribution in [0.2, 0.25) is 0 Å². The number of hydrogen-bond acceptors (Lipinski definition) is 3. The topological polar surface area (TPSA) is 39.1 Å². The van der Waals surface area contributed by atoms with Crippen molar-refractivity contribution in [2.24, 2.45) is 0 Å². The minimum atomic E-state index is -0.218. The van der Waals surface area contributed by atoms with E-state index in [0.717, 1.165) is 37.8 Å². The summed E-state index contributed by atoms with van der Waals surface area (Å²) in [5, 5.41) is 3.17. The van der Waals surface area contributed by atoms with E-state index >= 15 is 0 Å². The van der Waals surface area contributed by atoms with Crippen LogP contribution in [0.4, 0.5) is 16.0 Å². The van der Waals surface area contributed by atoms with Crippen LogP contribution >= 0.6 is 0 Å². The molecule has 0 aliphatic heterocycles. The average molecular weight is 277 g/mol. The Bertz CT molecular complexity index is 554. The summed E-state index contributed by atoms with van der Waals surface area (Å²) >= 11 is 0. The van der Waals surface area contributed by atoms with Gasteiger partial charge in [0.15, 0.2) is 0 Å². The van der Waals surface area contributed by atoms with Crippen LogP contribution in [0.25, 0.3) is 0 Å². The summed E-state index contributed by atoms with van der Waals surface area (Å²) in [5.74, 6) is 0.500. The summed E-state index contributed by atoms with van der Waals surface area (Å²) in [7, 11) is 0. The molecule has 1 aromatic heterocycles. The second-order valence-electron chi connectivity index (χ2n) is 4.53. The Morgan fingerprint density at radius 2 is 2.25 bits per heavy atom. The summed E-state index contributed by atoms with van der Waals surface area (Å²) < 4.78 is 20.8. The van der Waals surface area contributed by atoms with Crippen molar-refractivity contribution in [3.63, 3.8) is 0 Å². The maximum Gasteiger partial charge on any atom is 0.207 e. The van der Waals surface area contributed by atoms with Crippen LogP contribution in [-0.2, 0) is 11.3 Å². The van der Waals surface area contributed by atoms with Crippen molar-refractivity contribution in [3.8, 4) is 0 Å². The molecule has 5 heteroatoms. The number of benzene rings is 1. The van der Waals surface area contributed by atoms with Crippen molar-refractivity contribution in [1.82, 2.24) is 9.55 Å². The third-order valence-electron chi connectivity index (χ3n) is 3.12. The maximum absolute atomic E-state index is 13.5. The van der Waals surface area contributed by atoms with E-state index in [2.05, 4.69) is 10.3 Å². The molecule has 1 heterocycles. The number of hydrogen-bond donors (Lipinski definition) is 1. The van der Waals surface area contributed by atoms with Gasteiger partial charge in [0, 0.05) is 43.4 Å². The fourth-order valence-corrected chi connectivity index (χ4v) is 1.96. The van der Waals surface area contributed by atoms with Crippen LogP contribution in [0.1, 0.15) is 18.9 Å². The van der Waals surface area contributed by atoms with Gasteiger partial charge in [0.25, 0.3) is 0 Å². The predicted molar refractivity (Wildman–Crippen MR) is 77.8 cm³/mol. The average Bonchev–Trinajstić information content (AvgIpc) is 2.87.